The first kappa shape index (κ1) is 9.96. The highest BCUT2D eigenvalue weighted by atomic mass is 16.6. The van der Waals surface area contributed by atoms with E-state index in [1.165, 1.54) is 5.57 Å². The van der Waals surface area contributed by atoms with Crippen molar-refractivity contribution in [2.24, 2.45) is 5.41 Å². The average Bonchev–Trinajstić information content (AvgIpc) is 2.03. The molecule has 0 N–H and O–H groups in total. The summed E-state index contributed by atoms with van der Waals surface area (Å²) in [6.07, 6.45) is 6.04. The smallest absolute Gasteiger partial charge is 0.235 e. The Morgan fingerprint density at radius 1 is 1.54 bits per heavy atom. The molecular formula is C10H15NO2. The Bertz CT molecular complexity index is 271. The summed E-state index contributed by atoms with van der Waals surface area (Å²) in [5, 5.41) is 10.4. The van der Waals surface area contributed by atoms with Crippen molar-refractivity contribution in [3.8, 4) is 0 Å². The van der Waals surface area contributed by atoms with Crippen molar-refractivity contribution in [3.63, 3.8) is 0 Å². The van der Waals surface area contributed by atoms with E-state index in [9.17, 15) is 10.1 Å². The quantitative estimate of drug-likeness (QED) is 0.461. The molecule has 0 radical (unpaired) electrons. The minimum atomic E-state index is -0.522. The van der Waals surface area contributed by atoms with Gasteiger partial charge in [-0.1, -0.05) is 32.9 Å². The van der Waals surface area contributed by atoms with Gasteiger partial charge in [0.25, 0.3) is 0 Å². The lowest BCUT2D eigenvalue weighted by atomic mass is 9.83. The maximum atomic E-state index is 10.4. The lowest BCUT2D eigenvalue weighted by Gasteiger charge is -2.22. The van der Waals surface area contributed by atoms with Crippen LogP contribution >= 0.6 is 0 Å². The van der Waals surface area contributed by atoms with Crippen LogP contribution in [0.5, 0.6) is 0 Å². The first-order valence-electron chi connectivity index (χ1n) is 4.43. The standard InChI is InChI=1S/C10H15NO2/c1-10(2,3)8-4-6-9(7-5-8)11(12)13/h4-6,9H,7H2,1-3H3. The van der Waals surface area contributed by atoms with Gasteiger partial charge in [-0.2, -0.15) is 0 Å². The molecule has 3 nitrogen and oxygen atoms in total. The van der Waals surface area contributed by atoms with Crippen LogP contribution in [0.3, 0.4) is 0 Å². The summed E-state index contributed by atoms with van der Waals surface area (Å²) in [6, 6.07) is -0.522. The molecule has 1 aliphatic rings. The first-order valence-corrected chi connectivity index (χ1v) is 4.43. The monoisotopic (exact) mass is 181 g/mol. The molecule has 3 heteroatoms. The van der Waals surface area contributed by atoms with Crippen molar-refractivity contribution in [2.45, 2.75) is 33.2 Å². The van der Waals surface area contributed by atoms with Crippen LogP contribution in [0.4, 0.5) is 0 Å². The molecule has 1 rings (SSSR count). The van der Waals surface area contributed by atoms with Crippen LogP contribution in [0.1, 0.15) is 27.2 Å². The molecule has 0 saturated heterocycles. The Hall–Kier alpha value is -1.12. The third-order valence-corrected chi connectivity index (χ3v) is 2.21. The van der Waals surface area contributed by atoms with E-state index in [0.29, 0.717) is 6.42 Å². The molecule has 0 amide bonds. The normalized spacial score (nSPS) is 22.7. The van der Waals surface area contributed by atoms with Gasteiger partial charge in [0.1, 0.15) is 0 Å². The summed E-state index contributed by atoms with van der Waals surface area (Å²) in [7, 11) is 0. The highest BCUT2D eigenvalue weighted by Gasteiger charge is 2.22. The molecule has 0 aromatic carbocycles. The lowest BCUT2D eigenvalue weighted by Crippen LogP contribution is -2.20. The van der Waals surface area contributed by atoms with Crippen molar-refractivity contribution in [2.75, 3.05) is 0 Å². The predicted molar refractivity (Wildman–Crippen MR) is 52.1 cm³/mol. The zero-order chi connectivity index (χ0) is 10.1. The van der Waals surface area contributed by atoms with Crippen LogP contribution in [0.25, 0.3) is 0 Å². The number of nitro groups is 1. The second-order valence-electron chi connectivity index (χ2n) is 4.36. The molecular weight excluding hydrogens is 166 g/mol. The molecule has 13 heavy (non-hydrogen) atoms. The van der Waals surface area contributed by atoms with Crippen LogP contribution in [-0.4, -0.2) is 11.0 Å². The minimum Gasteiger partial charge on any atom is -0.264 e. The van der Waals surface area contributed by atoms with E-state index in [2.05, 4.69) is 20.8 Å². The SMILES string of the molecule is CC(C)(C)C1=CCC([N+](=O)[O-])C=C1. The number of hydrogen-bond donors (Lipinski definition) is 0. The number of rotatable bonds is 1. The van der Waals surface area contributed by atoms with Crippen LogP contribution in [-0.2, 0) is 0 Å². The molecule has 1 unspecified atom stereocenters. The van der Waals surface area contributed by atoms with E-state index in [4.69, 9.17) is 0 Å². The van der Waals surface area contributed by atoms with Gasteiger partial charge in [-0.05, 0) is 17.1 Å². The average molecular weight is 181 g/mol. The maximum absolute atomic E-state index is 10.4. The van der Waals surface area contributed by atoms with Gasteiger partial charge in [0.05, 0.1) is 0 Å². The van der Waals surface area contributed by atoms with Gasteiger partial charge in [0, 0.05) is 11.3 Å². The van der Waals surface area contributed by atoms with Crippen LogP contribution < -0.4 is 0 Å². The molecule has 0 spiro atoms. The van der Waals surface area contributed by atoms with Gasteiger partial charge in [-0.25, -0.2) is 0 Å². The van der Waals surface area contributed by atoms with Gasteiger partial charge >= 0.3 is 0 Å². The fraction of sp³-hybridized carbons (Fsp3) is 0.600. The van der Waals surface area contributed by atoms with E-state index in [-0.39, 0.29) is 10.3 Å². The Balaban J connectivity index is 2.71. The fourth-order valence-corrected chi connectivity index (χ4v) is 1.32. The molecule has 0 saturated carbocycles. The minimum absolute atomic E-state index is 0.0953. The molecule has 0 aromatic rings. The fourth-order valence-electron chi connectivity index (χ4n) is 1.32. The van der Waals surface area contributed by atoms with Gasteiger partial charge in [0.2, 0.25) is 6.04 Å². The van der Waals surface area contributed by atoms with E-state index in [1.807, 2.05) is 12.2 Å². The van der Waals surface area contributed by atoms with E-state index < -0.39 is 6.04 Å². The summed E-state index contributed by atoms with van der Waals surface area (Å²) in [6.45, 7) is 6.32. The van der Waals surface area contributed by atoms with Gasteiger partial charge in [-0.3, -0.25) is 10.1 Å². The summed E-state index contributed by atoms with van der Waals surface area (Å²) in [5.41, 5.74) is 1.28. The first-order chi connectivity index (χ1) is 5.91. The van der Waals surface area contributed by atoms with Crippen molar-refractivity contribution in [1.29, 1.82) is 0 Å². The highest BCUT2D eigenvalue weighted by Crippen LogP contribution is 2.29. The number of allylic oxidation sites excluding steroid dienone is 2. The molecule has 0 aromatic heterocycles. The maximum Gasteiger partial charge on any atom is 0.235 e. The zero-order valence-electron chi connectivity index (χ0n) is 8.28. The third-order valence-electron chi connectivity index (χ3n) is 2.21. The third kappa shape index (κ3) is 2.41. The summed E-state index contributed by atoms with van der Waals surface area (Å²) in [4.78, 5) is 10.2. The van der Waals surface area contributed by atoms with Gasteiger partial charge < -0.3 is 0 Å². The number of hydrogen-bond acceptors (Lipinski definition) is 2. The van der Waals surface area contributed by atoms with E-state index in [0.717, 1.165) is 0 Å². The second-order valence-corrected chi connectivity index (χ2v) is 4.36. The zero-order valence-corrected chi connectivity index (χ0v) is 8.28. The topological polar surface area (TPSA) is 43.1 Å². The number of nitrogens with zero attached hydrogens (tertiary/aromatic N) is 1. The van der Waals surface area contributed by atoms with Crippen molar-refractivity contribution in [1.82, 2.24) is 0 Å². The van der Waals surface area contributed by atoms with Crippen molar-refractivity contribution >= 4 is 0 Å². The second kappa shape index (κ2) is 3.32. The Morgan fingerprint density at radius 2 is 2.15 bits per heavy atom. The van der Waals surface area contributed by atoms with Crippen LogP contribution in [0.15, 0.2) is 23.8 Å². The highest BCUT2D eigenvalue weighted by molar-refractivity contribution is 5.28. The molecule has 1 aliphatic carbocycles. The van der Waals surface area contributed by atoms with E-state index >= 15 is 0 Å². The van der Waals surface area contributed by atoms with Crippen LogP contribution in [0.2, 0.25) is 0 Å². The van der Waals surface area contributed by atoms with Gasteiger partial charge in [0.15, 0.2) is 0 Å². The molecule has 72 valence electrons. The van der Waals surface area contributed by atoms with E-state index in [1.54, 1.807) is 6.08 Å². The molecule has 0 bridgehead atoms. The molecule has 0 fully saturated rings. The predicted octanol–water partition coefficient (Wildman–Crippen LogP) is 2.56. The molecule has 0 aliphatic heterocycles. The summed E-state index contributed by atoms with van der Waals surface area (Å²) < 4.78 is 0. The van der Waals surface area contributed by atoms with Gasteiger partial charge in [-0.15, -0.1) is 0 Å². The largest absolute Gasteiger partial charge is 0.264 e. The Kier molecular flexibility index (Phi) is 2.55. The van der Waals surface area contributed by atoms with Crippen LogP contribution in [0, 0.1) is 15.5 Å². The molecule has 0 heterocycles. The summed E-state index contributed by atoms with van der Waals surface area (Å²) in [5.74, 6) is 0. The Morgan fingerprint density at radius 3 is 2.46 bits per heavy atom. The lowest BCUT2D eigenvalue weighted by molar-refractivity contribution is -0.508. The summed E-state index contributed by atoms with van der Waals surface area (Å²) >= 11 is 0. The Labute approximate surface area is 78.3 Å². The molecule has 1 atom stereocenters. The van der Waals surface area contributed by atoms with Crippen molar-refractivity contribution < 1.29 is 4.92 Å². The van der Waals surface area contributed by atoms with Crippen molar-refractivity contribution in [3.05, 3.63) is 33.9 Å².